The molecule has 0 aromatic rings. The lowest BCUT2D eigenvalue weighted by Gasteiger charge is -1.86. The smallest absolute Gasteiger partial charge is 0.309 e. The number of carbonyl (C=O) groups excluding carboxylic acids is 1. The van der Waals surface area contributed by atoms with Crippen LogP contribution in [-0.2, 0) is 4.74 Å². The van der Waals surface area contributed by atoms with Gasteiger partial charge in [-0.05, 0) is 6.58 Å². The number of aliphatic hydroxyl groups excluding tert-OH is 1. The second-order valence-electron chi connectivity index (χ2n) is 1.00. The van der Waals surface area contributed by atoms with Crippen LogP contribution in [-0.4, -0.2) is 18.2 Å². The lowest BCUT2D eigenvalue weighted by molar-refractivity contribution is 0.138. The summed E-state index contributed by atoms with van der Waals surface area (Å²) in [6, 6.07) is -0.833. The summed E-state index contributed by atoms with van der Waals surface area (Å²) < 4.78 is 4.11. The van der Waals surface area contributed by atoms with Crippen molar-refractivity contribution in [2.75, 3.05) is 7.11 Å². The number of ether oxygens (including phenoxy) is 1. The van der Waals surface area contributed by atoms with Crippen molar-refractivity contribution in [1.29, 1.82) is 0 Å². The molecule has 0 aromatic heterocycles. The van der Waals surface area contributed by atoms with Gasteiger partial charge in [-0.2, -0.15) is 0 Å². The quantitative estimate of drug-likeness (QED) is 0.429. The van der Waals surface area contributed by atoms with E-state index in [2.05, 4.69) is 22.8 Å². The first kappa shape index (κ1) is 10.6. The van der Waals surface area contributed by atoms with Crippen LogP contribution in [0.4, 0.5) is 4.79 Å². The molecular weight excluding hydrogens is 124 g/mol. The van der Waals surface area contributed by atoms with Crippen LogP contribution in [0.1, 0.15) is 0 Å². The molecule has 0 aliphatic carbocycles. The normalized spacial score (nSPS) is 6.33. The van der Waals surface area contributed by atoms with Gasteiger partial charge < -0.3 is 21.3 Å². The Morgan fingerprint density at radius 2 is 1.78 bits per heavy atom. The minimum absolute atomic E-state index is 0.245. The molecule has 0 aromatic carbocycles. The Balaban J connectivity index is 0. The summed E-state index contributed by atoms with van der Waals surface area (Å²) in [5.41, 5.74) is 8.50. The number of methoxy groups -OCH3 is 1. The molecule has 0 fully saturated rings. The summed E-state index contributed by atoms with van der Waals surface area (Å²) in [5, 5.41) is 7.94. The highest BCUT2D eigenvalue weighted by Gasteiger charge is 1.68. The molecule has 5 nitrogen and oxygen atoms in total. The minimum atomic E-state index is -0.833. The number of urea groups is 1. The van der Waals surface area contributed by atoms with Crippen molar-refractivity contribution >= 4 is 6.03 Å². The van der Waals surface area contributed by atoms with E-state index in [-0.39, 0.29) is 5.95 Å². The molecule has 0 bridgehead atoms. The molecule has 54 valence electrons. The zero-order valence-electron chi connectivity index (χ0n) is 5.13. The Hall–Kier alpha value is -1.39. The maximum atomic E-state index is 9.00. The zero-order valence-corrected chi connectivity index (χ0v) is 5.13. The second-order valence-corrected chi connectivity index (χ2v) is 1.00. The first-order chi connectivity index (χ1) is 4.00. The third-order valence-corrected chi connectivity index (χ3v) is 0.236. The van der Waals surface area contributed by atoms with Gasteiger partial charge in [0.25, 0.3) is 5.95 Å². The van der Waals surface area contributed by atoms with Crippen molar-refractivity contribution in [3.05, 3.63) is 12.5 Å². The predicted molar refractivity (Wildman–Crippen MR) is 32.5 cm³/mol. The van der Waals surface area contributed by atoms with Crippen LogP contribution in [0.5, 0.6) is 0 Å². The molecular formula is C4H10N2O3. The highest BCUT2D eigenvalue weighted by Crippen LogP contribution is 1.74. The molecule has 0 aliphatic heterocycles. The minimum Gasteiger partial charge on any atom is -0.481 e. The fourth-order valence-corrected chi connectivity index (χ4v) is 0. The maximum Gasteiger partial charge on any atom is 0.309 e. The lowest BCUT2D eigenvalue weighted by atomic mass is 11.0. The summed E-state index contributed by atoms with van der Waals surface area (Å²) in [5.74, 6) is -0.245. The van der Waals surface area contributed by atoms with E-state index in [4.69, 9.17) is 9.90 Å². The van der Waals surface area contributed by atoms with E-state index < -0.39 is 6.03 Å². The highest BCUT2D eigenvalue weighted by molar-refractivity contribution is 5.69. The largest absolute Gasteiger partial charge is 0.481 e. The average molecular weight is 134 g/mol. The van der Waals surface area contributed by atoms with Gasteiger partial charge in [-0.3, -0.25) is 0 Å². The van der Waals surface area contributed by atoms with Gasteiger partial charge in [-0.1, -0.05) is 0 Å². The summed E-state index contributed by atoms with van der Waals surface area (Å²) in [6.45, 7) is 3.01. The van der Waals surface area contributed by atoms with Crippen LogP contribution in [0.15, 0.2) is 12.5 Å². The van der Waals surface area contributed by atoms with Gasteiger partial charge in [0.2, 0.25) is 0 Å². The first-order valence-corrected chi connectivity index (χ1v) is 1.97. The number of hydrogen-bond donors (Lipinski definition) is 3. The van der Waals surface area contributed by atoms with Crippen LogP contribution < -0.4 is 11.5 Å². The number of primary amides is 2. The van der Waals surface area contributed by atoms with Crippen LogP contribution >= 0.6 is 0 Å². The van der Waals surface area contributed by atoms with E-state index in [0.717, 1.165) is 0 Å². The number of hydrogen-bond acceptors (Lipinski definition) is 3. The summed E-state index contributed by atoms with van der Waals surface area (Å²) in [7, 11) is 1.35. The average Bonchev–Trinajstić information content (AvgIpc) is 1.65. The second kappa shape index (κ2) is 6.61. The molecule has 0 saturated heterocycles. The number of carbonyl (C=O) groups is 1. The number of rotatable bonds is 1. The fraction of sp³-hybridized carbons (Fsp3) is 0.250. The topological polar surface area (TPSA) is 98.6 Å². The fourth-order valence-electron chi connectivity index (χ4n) is 0. The number of aliphatic hydroxyl groups is 1. The Kier molecular flexibility index (Phi) is 7.76. The number of nitrogens with two attached hydrogens (primary N) is 2. The lowest BCUT2D eigenvalue weighted by Crippen LogP contribution is -2.18. The molecule has 0 spiro atoms. The Morgan fingerprint density at radius 1 is 1.67 bits per heavy atom. The molecule has 5 N–H and O–H groups in total. The van der Waals surface area contributed by atoms with E-state index >= 15 is 0 Å². The van der Waals surface area contributed by atoms with Crippen LogP contribution in [0, 0.1) is 0 Å². The van der Waals surface area contributed by atoms with Crippen LogP contribution in [0.2, 0.25) is 0 Å². The number of amides is 2. The molecule has 0 heterocycles. The first-order valence-electron chi connectivity index (χ1n) is 1.97. The van der Waals surface area contributed by atoms with E-state index in [1.807, 2.05) is 0 Å². The molecule has 0 aliphatic rings. The predicted octanol–water partition coefficient (Wildman–Crippen LogP) is -0.314. The molecule has 0 rings (SSSR count). The molecule has 2 amide bonds. The Labute approximate surface area is 52.9 Å². The van der Waals surface area contributed by atoms with Gasteiger partial charge in [0.1, 0.15) is 0 Å². The monoisotopic (exact) mass is 134 g/mol. The van der Waals surface area contributed by atoms with Gasteiger partial charge in [0.05, 0.1) is 7.11 Å². The molecule has 9 heavy (non-hydrogen) atoms. The summed E-state index contributed by atoms with van der Waals surface area (Å²) in [4.78, 5) is 9.00. The van der Waals surface area contributed by atoms with Crippen molar-refractivity contribution in [3.8, 4) is 0 Å². The maximum absolute atomic E-state index is 9.00. The van der Waals surface area contributed by atoms with Crippen molar-refractivity contribution in [1.82, 2.24) is 0 Å². The van der Waals surface area contributed by atoms with E-state index in [1.54, 1.807) is 0 Å². The van der Waals surface area contributed by atoms with Crippen molar-refractivity contribution in [2.45, 2.75) is 0 Å². The van der Waals surface area contributed by atoms with Gasteiger partial charge in [-0.25, -0.2) is 4.79 Å². The third kappa shape index (κ3) is 378. The highest BCUT2D eigenvalue weighted by atomic mass is 16.6. The Bertz CT molecular complexity index is 98.0. The van der Waals surface area contributed by atoms with Crippen molar-refractivity contribution in [2.24, 2.45) is 11.5 Å². The van der Waals surface area contributed by atoms with E-state index in [1.165, 1.54) is 7.11 Å². The molecule has 0 atom stereocenters. The van der Waals surface area contributed by atoms with Crippen LogP contribution in [0.3, 0.4) is 0 Å². The van der Waals surface area contributed by atoms with E-state index in [9.17, 15) is 0 Å². The molecule has 0 radical (unpaired) electrons. The molecule has 0 unspecified atom stereocenters. The third-order valence-electron chi connectivity index (χ3n) is 0.236. The van der Waals surface area contributed by atoms with Crippen molar-refractivity contribution < 1.29 is 14.6 Å². The van der Waals surface area contributed by atoms with Gasteiger partial charge in [-0.15, -0.1) is 0 Å². The van der Waals surface area contributed by atoms with E-state index in [0.29, 0.717) is 0 Å². The van der Waals surface area contributed by atoms with Gasteiger partial charge >= 0.3 is 6.03 Å². The van der Waals surface area contributed by atoms with Gasteiger partial charge in [0, 0.05) is 0 Å². The van der Waals surface area contributed by atoms with Crippen LogP contribution in [0.25, 0.3) is 0 Å². The van der Waals surface area contributed by atoms with Gasteiger partial charge in [0.15, 0.2) is 0 Å². The standard InChI is InChI=1S/C3H6O2.CH4N2O/c1-3(4)5-2;2-1(3)4/h4H,1H2,2H3;(H4,2,3,4). The zero-order chi connectivity index (χ0) is 7.86. The van der Waals surface area contributed by atoms with Crippen molar-refractivity contribution in [3.63, 3.8) is 0 Å². The summed E-state index contributed by atoms with van der Waals surface area (Å²) >= 11 is 0. The molecule has 5 heteroatoms. The Morgan fingerprint density at radius 3 is 1.78 bits per heavy atom. The molecule has 0 saturated carbocycles. The SMILES string of the molecule is C=C(O)OC.NC(N)=O. The summed E-state index contributed by atoms with van der Waals surface area (Å²) in [6.07, 6.45) is 0.